The Morgan fingerprint density at radius 1 is 1.36 bits per heavy atom. The number of hydrogen-bond acceptors (Lipinski definition) is 6. The van der Waals surface area contributed by atoms with Crippen molar-refractivity contribution in [3.63, 3.8) is 0 Å². The van der Waals surface area contributed by atoms with Crippen LogP contribution in [0.4, 0.5) is 5.69 Å². The van der Waals surface area contributed by atoms with Crippen molar-refractivity contribution in [3.8, 4) is 0 Å². The van der Waals surface area contributed by atoms with Crippen LogP contribution in [0.1, 0.15) is 24.5 Å². The number of methoxy groups -OCH3 is 1. The van der Waals surface area contributed by atoms with Gasteiger partial charge in [0, 0.05) is 53.1 Å². The number of aromatic nitrogens is 5. The summed E-state index contributed by atoms with van der Waals surface area (Å²) in [7, 11) is 5.60. The normalized spacial score (nSPS) is 17.8. The Morgan fingerprint density at radius 2 is 2.21 bits per heavy atom. The van der Waals surface area contributed by atoms with Crippen LogP contribution >= 0.6 is 0 Å². The summed E-state index contributed by atoms with van der Waals surface area (Å²) in [5.74, 6) is 2.49. The molecule has 0 spiro atoms. The van der Waals surface area contributed by atoms with Gasteiger partial charge in [-0.25, -0.2) is 4.99 Å². The third-order valence-corrected chi connectivity index (χ3v) is 4.98. The van der Waals surface area contributed by atoms with Crippen LogP contribution in [0.2, 0.25) is 0 Å². The molecule has 10 nitrogen and oxygen atoms in total. The third kappa shape index (κ3) is 5.22. The molecule has 1 fully saturated rings. The molecular formula is C18H31N9O. The second kappa shape index (κ2) is 9.54. The monoisotopic (exact) mass is 389 g/mol. The van der Waals surface area contributed by atoms with Gasteiger partial charge >= 0.3 is 0 Å². The average molecular weight is 390 g/mol. The highest BCUT2D eigenvalue weighted by Gasteiger charge is 2.22. The Labute approximate surface area is 166 Å². The molecule has 2 aromatic rings. The molecule has 1 aliphatic rings. The van der Waals surface area contributed by atoms with Crippen molar-refractivity contribution in [1.82, 2.24) is 35.2 Å². The molecule has 2 aromatic heterocycles. The summed E-state index contributed by atoms with van der Waals surface area (Å²) in [6, 6.07) is 0.309. The number of anilines is 1. The standard InChI is InChI=1S/C18H31N9O/c1-14-23-24-17(26(14)3)11-20-18(19-7-9-28-4)22-15-6-5-8-27(12-15)16-10-21-25(2)13-16/h10,13,15H,5-9,11-12H2,1-4H3,(H2,19,20,22). The van der Waals surface area contributed by atoms with Crippen molar-refractivity contribution < 1.29 is 4.74 Å². The zero-order chi connectivity index (χ0) is 19.9. The summed E-state index contributed by atoms with van der Waals surface area (Å²) in [5, 5.41) is 19.5. The van der Waals surface area contributed by atoms with E-state index in [9.17, 15) is 0 Å². The van der Waals surface area contributed by atoms with Crippen LogP contribution in [0.5, 0.6) is 0 Å². The third-order valence-electron chi connectivity index (χ3n) is 4.98. The SMILES string of the molecule is COCCNC(=NCc1nnc(C)n1C)NC1CCCN(c2cnn(C)c2)C1. The van der Waals surface area contributed by atoms with Crippen LogP contribution in [0.25, 0.3) is 0 Å². The fourth-order valence-corrected chi connectivity index (χ4v) is 3.26. The average Bonchev–Trinajstić information content (AvgIpc) is 3.26. The lowest BCUT2D eigenvalue weighted by molar-refractivity contribution is 0.203. The number of rotatable bonds is 7. The lowest BCUT2D eigenvalue weighted by atomic mass is 10.1. The topological polar surface area (TPSA) is 97.4 Å². The smallest absolute Gasteiger partial charge is 0.192 e. The van der Waals surface area contributed by atoms with Gasteiger partial charge in [-0.15, -0.1) is 10.2 Å². The van der Waals surface area contributed by atoms with Crippen molar-refractivity contribution in [2.45, 2.75) is 32.4 Å². The summed E-state index contributed by atoms with van der Waals surface area (Å²) in [4.78, 5) is 7.08. The van der Waals surface area contributed by atoms with Crippen molar-refractivity contribution in [2.75, 3.05) is 38.3 Å². The predicted octanol–water partition coefficient (Wildman–Crippen LogP) is 0.208. The van der Waals surface area contributed by atoms with Gasteiger partial charge in [0.2, 0.25) is 0 Å². The van der Waals surface area contributed by atoms with Crippen LogP contribution in [0.15, 0.2) is 17.4 Å². The molecule has 10 heteroatoms. The number of ether oxygens (including phenoxy) is 1. The number of nitrogens with zero attached hydrogens (tertiary/aromatic N) is 7. The Balaban J connectivity index is 1.64. The molecular weight excluding hydrogens is 358 g/mol. The molecule has 0 amide bonds. The second-order valence-corrected chi connectivity index (χ2v) is 7.11. The first kappa shape index (κ1) is 20.1. The van der Waals surface area contributed by atoms with Gasteiger partial charge in [-0.1, -0.05) is 0 Å². The van der Waals surface area contributed by atoms with Gasteiger partial charge in [0.05, 0.1) is 18.5 Å². The lowest BCUT2D eigenvalue weighted by Gasteiger charge is -2.34. The maximum atomic E-state index is 5.16. The molecule has 1 atom stereocenters. The van der Waals surface area contributed by atoms with Gasteiger partial charge in [-0.05, 0) is 19.8 Å². The van der Waals surface area contributed by atoms with E-state index >= 15 is 0 Å². The highest BCUT2D eigenvalue weighted by molar-refractivity contribution is 5.80. The largest absolute Gasteiger partial charge is 0.383 e. The molecule has 0 radical (unpaired) electrons. The number of nitrogens with one attached hydrogen (secondary N) is 2. The number of aryl methyl sites for hydroxylation is 2. The van der Waals surface area contributed by atoms with Crippen molar-refractivity contribution in [1.29, 1.82) is 0 Å². The predicted molar refractivity (Wildman–Crippen MR) is 108 cm³/mol. The van der Waals surface area contributed by atoms with E-state index in [0.29, 0.717) is 25.7 Å². The molecule has 3 heterocycles. The van der Waals surface area contributed by atoms with E-state index in [1.807, 2.05) is 36.5 Å². The van der Waals surface area contributed by atoms with Crippen LogP contribution in [-0.4, -0.2) is 69.9 Å². The van der Waals surface area contributed by atoms with E-state index in [2.05, 4.69) is 37.0 Å². The minimum atomic E-state index is 0.309. The quantitative estimate of drug-likeness (QED) is 0.397. The molecule has 154 valence electrons. The van der Waals surface area contributed by atoms with Crippen molar-refractivity contribution >= 4 is 11.6 Å². The molecule has 2 N–H and O–H groups in total. The van der Waals surface area contributed by atoms with Crippen LogP contribution in [0.3, 0.4) is 0 Å². The molecule has 28 heavy (non-hydrogen) atoms. The highest BCUT2D eigenvalue weighted by Crippen LogP contribution is 2.18. The Kier molecular flexibility index (Phi) is 6.85. The Hall–Kier alpha value is -2.62. The maximum absolute atomic E-state index is 5.16. The molecule has 0 bridgehead atoms. The number of guanidine groups is 1. The van der Waals surface area contributed by atoms with E-state index in [4.69, 9.17) is 9.73 Å². The van der Waals surface area contributed by atoms with E-state index in [1.54, 1.807) is 7.11 Å². The minimum absolute atomic E-state index is 0.309. The molecule has 1 unspecified atom stereocenters. The Bertz CT molecular complexity index is 782. The van der Waals surface area contributed by atoms with Gasteiger partial charge in [0.1, 0.15) is 12.4 Å². The zero-order valence-electron chi connectivity index (χ0n) is 17.2. The van der Waals surface area contributed by atoms with Gasteiger partial charge in [0.25, 0.3) is 0 Å². The summed E-state index contributed by atoms with van der Waals surface area (Å²) >= 11 is 0. The Morgan fingerprint density at radius 3 is 2.89 bits per heavy atom. The summed E-state index contributed by atoms with van der Waals surface area (Å²) < 4.78 is 8.96. The fraction of sp³-hybridized carbons (Fsp3) is 0.667. The molecule has 0 aromatic carbocycles. The van der Waals surface area contributed by atoms with Crippen LogP contribution < -0.4 is 15.5 Å². The maximum Gasteiger partial charge on any atom is 0.192 e. The molecule has 1 saturated heterocycles. The molecule has 0 saturated carbocycles. The summed E-state index contributed by atoms with van der Waals surface area (Å²) in [6.45, 7) is 5.69. The number of aliphatic imine (C=N–C) groups is 1. The second-order valence-electron chi connectivity index (χ2n) is 7.11. The van der Waals surface area contributed by atoms with Crippen molar-refractivity contribution in [3.05, 3.63) is 24.0 Å². The number of piperidine rings is 1. The molecule has 0 aliphatic carbocycles. The van der Waals surface area contributed by atoms with E-state index in [-0.39, 0.29) is 0 Å². The molecule has 3 rings (SSSR count). The van der Waals surface area contributed by atoms with Gasteiger partial charge in [0.15, 0.2) is 11.8 Å². The van der Waals surface area contributed by atoms with E-state index < -0.39 is 0 Å². The summed E-state index contributed by atoms with van der Waals surface area (Å²) in [6.07, 6.45) is 6.21. The highest BCUT2D eigenvalue weighted by atomic mass is 16.5. The van der Waals surface area contributed by atoms with Crippen LogP contribution in [-0.2, 0) is 25.4 Å². The van der Waals surface area contributed by atoms with Gasteiger partial charge in [-0.3, -0.25) is 4.68 Å². The van der Waals surface area contributed by atoms with Gasteiger partial charge < -0.3 is 24.8 Å². The first-order valence-corrected chi connectivity index (χ1v) is 9.69. The minimum Gasteiger partial charge on any atom is -0.383 e. The van der Waals surface area contributed by atoms with E-state index in [1.165, 1.54) is 0 Å². The van der Waals surface area contributed by atoms with E-state index in [0.717, 1.165) is 49.2 Å². The summed E-state index contributed by atoms with van der Waals surface area (Å²) in [5.41, 5.74) is 1.16. The first-order chi connectivity index (χ1) is 13.6. The van der Waals surface area contributed by atoms with Crippen molar-refractivity contribution in [2.24, 2.45) is 19.1 Å². The van der Waals surface area contributed by atoms with Gasteiger partial charge in [-0.2, -0.15) is 5.10 Å². The molecule has 1 aliphatic heterocycles. The van der Waals surface area contributed by atoms with Crippen LogP contribution in [0, 0.1) is 6.92 Å². The first-order valence-electron chi connectivity index (χ1n) is 9.69. The lowest BCUT2D eigenvalue weighted by Crippen LogP contribution is -2.51. The zero-order valence-corrected chi connectivity index (χ0v) is 17.2. The number of hydrogen-bond donors (Lipinski definition) is 2. The fourth-order valence-electron chi connectivity index (χ4n) is 3.26.